The predicted octanol–water partition coefficient (Wildman–Crippen LogP) is 3.78. The molecule has 0 amide bonds. The van der Waals surface area contributed by atoms with Crippen LogP contribution in [0.3, 0.4) is 0 Å². The molecule has 1 N–H and O–H groups in total. The van der Waals surface area contributed by atoms with Crippen molar-refractivity contribution < 1.29 is 4.74 Å². The molecule has 2 atom stereocenters. The maximum Gasteiger partial charge on any atom is 0.145 e. The number of rotatable bonds is 5. The zero-order valence-corrected chi connectivity index (χ0v) is 12.7. The van der Waals surface area contributed by atoms with E-state index in [-0.39, 0.29) is 0 Å². The average molecular weight is 284 g/mol. The summed E-state index contributed by atoms with van der Waals surface area (Å²) in [6, 6.07) is 10.8. The zero-order chi connectivity index (χ0) is 14.5. The van der Waals surface area contributed by atoms with Crippen LogP contribution in [0.2, 0.25) is 0 Å². The summed E-state index contributed by atoms with van der Waals surface area (Å²) in [7, 11) is 0. The highest BCUT2D eigenvalue weighted by Gasteiger charge is 2.17. The molecule has 1 aliphatic rings. The number of hydrogen-bond donors (Lipinski definition) is 1. The summed E-state index contributed by atoms with van der Waals surface area (Å²) in [6.07, 6.45) is 7.16. The molecule has 3 heteroatoms. The summed E-state index contributed by atoms with van der Waals surface area (Å²) in [5.74, 6) is 1.74. The first-order valence-corrected chi connectivity index (χ1v) is 8.03. The predicted molar refractivity (Wildman–Crippen MR) is 86.7 cm³/mol. The van der Waals surface area contributed by atoms with E-state index in [0.29, 0.717) is 12.6 Å². The Kier molecular flexibility index (Phi) is 4.71. The van der Waals surface area contributed by atoms with Crippen molar-refractivity contribution in [1.82, 2.24) is 10.3 Å². The van der Waals surface area contributed by atoms with Crippen LogP contribution in [-0.4, -0.2) is 24.2 Å². The lowest BCUT2D eigenvalue weighted by Gasteiger charge is -2.27. The molecule has 0 bridgehead atoms. The third-order valence-corrected chi connectivity index (χ3v) is 4.32. The van der Waals surface area contributed by atoms with E-state index in [1.54, 1.807) is 0 Å². The molecule has 2 unspecified atom stereocenters. The lowest BCUT2D eigenvalue weighted by atomic mass is 9.87. The van der Waals surface area contributed by atoms with Gasteiger partial charge in [-0.1, -0.05) is 38.0 Å². The fourth-order valence-electron chi connectivity index (χ4n) is 3.24. The Labute approximate surface area is 126 Å². The number of benzene rings is 1. The average Bonchev–Trinajstić information content (AvgIpc) is 2.52. The van der Waals surface area contributed by atoms with Gasteiger partial charge in [-0.15, -0.1) is 0 Å². The first-order valence-electron chi connectivity index (χ1n) is 8.03. The second-order valence-corrected chi connectivity index (χ2v) is 6.10. The van der Waals surface area contributed by atoms with Gasteiger partial charge in [0.25, 0.3) is 0 Å². The van der Waals surface area contributed by atoms with E-state index < -0.39 is 0 Å². The van der Waals surface area contributed by atoms with Crippen molar-refractivity contribution in [2.75, 3.05) is 13.2 Å². The smallest absolute Gasteiger partial charge is 0.145 e. The SMILES string of the molecule is CC1CCCC(NCCOc2cccc3cccnc23)C1. The number of nitrogens with zero attached hydrogens (tertiary/aromatic N) is 1. The van der Waals surface area contributed by atoms with Crippen molar-refractivity contribution in [3.05, 3.63) is 36.5 Å². The summed E-state index contributed by atoms with van der Waals surface area (Å²) in [5.41, 5.74) is 0.950. The van der Waals surface area contributed by atoms with Gasteiger partial charge in [0, 0.05) is 24.2 Å². The first-order chi connectivity index (χ1) is 10.3. The van der Waals surface area contributed by atoms with E-state index in [0.717, 1.165) is 29.1 Å². The molecule has 21 heavy (non-hydrogen) atoms. The number of para-hydroxylation sites is 1. The lowest BCUT2D eigenvalue weighted by Crippen LogP contribution is -2.36. The zero-order valence-electron chi connectivity index (χ0n) is 12.7. The fourth-order valence-corrected chi connectivity index (χ4v) is 3.24. The van der Waals surface area contributed by atoms with Gasteiger partial charge in [-0.2, -0.15) is 0 Å². The molecule has 0 spiro atoms. The number of fused-ring (bicyclic) bond motifs is 1. The molecule has 1 aromatic carbocycles. The van der Waals surface area contributed by atoms with Crippen LogP contribution in [0.1, 0.15) is 32.6 Å². The Morgan fingerprint density at radius 1 is 1.24 bits per heavy atom. The van der Waals surface area contributed by atoms with Gasteiger partial charge >= 0.3 is 0 Å². The molecule has 0 aliphatic heterocycles. The Hall–Kier alpha value is -1.61. The summed E-state index contributed by atoms with van der Waals surface area (Å²) in [4.78, 5) is 4.41. The molecule has 1 heterocycles. The minimum atomic E-state index is 0.669. The Morgan fingerprint density at radius 2 is 2.14 bits per heavy atom. The van der Waals surface area contributed by atoms with E-state index in [1.807, 2.05) is 24.4 Å². The molecule has 1 aromatic heterocycles. The Morgan fingerprint density at radius 3 is 3.05 bits per heavy atom. The molecule has 3 rings (SSSR count). The van der Waals surface area contributed by atoms with E-state index in [1.165, 1.54) is 25.7 Å². The quantitative estimate of drug-likeness (QED) is 0.848. The maximum absolute atomic E-state index is 5.91. The Balaban J connectivity index is 1.50. The molecule has 112 valence electrons. The third-order valence-electron chi connectivity index (χ3n) is 4.32. The monoisotopic (exact) mass is 284 g/mol. The molecule has 3 nitrogen and oxygen atoms in total. The van der Waals surface area contributed by atoms with Crippen LogP contribution in [0.15, 0.2) is 36.5 Å². The highest BCUT2D eigenvalue weighted by atomic mass is 16.5. The van der Waals surface area contributed by atoms with Crippen molar-refractivity contribution in [2.24, 2.45) is 5.92 Å². The highest BCUT2D eigenvalue weighted by Crippen LogP contribution is 2.24. The number of pyridine rings is 1. The molecule has 1 aliphatic carbocycles. The molecule has 0 radical (unpaired) electrons. The fraction of sp³-hybridized carbons (Fsp3) is 0.500. The van der Waals surface area contributed by atoms with Gasteiger partial charge in [0.15, 0.2) is 0 Å². The van der Waals surface area contributed by atoms with Gasteiger partial charge < -0.3 is 10.1 Å². The van der Waals surface area contributed by atoms with E-state index >= 15 is 0 Å². The van der Waals surface area contributed by atoms with Crippen LogP contribution in [0.5, 0.6) is 5.75 Å². The van der Waals surface area contributed by atoms with Crippen molar-refractivity contribution >= 4 is 10.9 Å². The van der Waals surface area contributed by atoms with Crippen LogP contribution in [0, 0.1) is 5.92 Å². The second-order valence-electron chi connectivity index (χ2n) is 6.10. The number of hydrogen-bond acceptors (Lipinski definition) is 3. The molecular formula is C18H24N2O. The van der Waals surface area contributed by atoms with Gasteiger partial charge in [-0.05, 0) is 30.9 Å². The molecule has 1 saturated carbocycles. The van der Waals surface area contributed by atoms with Gasteiger partial charge in [0.1, 0.15) is 17.9 Å². The number of nitrogens with one attached hydrogen (secondary N) is 1. The van der Waals surface area contributed by atoms with E-state index in [2.05, 4.69) is 29.4 Å². The van der Waals surface area contributed by atoms with Gasteiger partial charge in [-0.3, -0.25) is 4.98 Å². The standard InChI is InChI=1S/C18H24N2O/c1-14-5-2-8-16(13-14)19-11-12-21-17-9-3-6-15-7-4-10-20-18(15)17/h3-4,6-7,9-10,14,16,19H,2,5,8,11-13H2,1H3. The van der Waals surface area contributed by atoms with Gasteiger partial charge in [0.2, 0.25) is 0 Å². The van der Waals surface area contributed by atoms with Crippen LogP contribution >= 0.6 is 0 Å². The lowest BCUT2D eigenvalue weighted by molar-refractivity contribution is 0.267. The van der Waals surface area contributed by atoms with Crippen LogP contribution in [0.4, 0.5) is 0 Å². The van der Waals surface area contributed by atoms with E-state index in [9.17, 15) is 0 Å². The van der Waals surface area contributed by atoms with Crippen molar-refractivity contribution in [1.29, 1.82) is 0 Å². The van der Waals surface area contributed by atoms with Crippen molar-refractivity contribution in [2.45, 2.75) is 38.6 Å². The first kappa shape index (κ1) is 14.3. The minimum Gasteiger partial charge on any atom is -0.490 e. The molecular weight excluding hydrogens is 260 g/mol. The van der Waals surface area contributed by atoms with Crippen LogP contribution in [0.25, 0.3) is 10.9 Å². The number of aromatic nitrogens is 1. The van der Waals surface area contributed by atoms with Crippen molar-refractivity contribution in [3.63, 3.8) is 0 Å². The minimum absolute atomic E-state index is 0.669. The third kappa shape index (κ3) is 3.73. The highest BCUT2D eigenvalue weighted by molar-refractivity contribution is 5.84. The summed E-state index contributed by atoms with van der Waals surface area (Å²) < 4.78 is 5.91. The second kappa shape index (κ2) is 6.90. The largest absolute Gasteiger partial charge is 0.490 e. The van der Waals surface area contributed by atoms with Gasteiger partial charge in [-0.25, -0.2) is 0 Å². The summed E-state index contributed by atoms with van der Waals surface area (Å²) >= 11 is 0. The van der Waals surface area contributed by atoms with Crippen LogP contribution in [-0.2, 0) is 0 Å². The van der Waals surface area contributed by atoms with Crippen LogP contribution < -0.4 is 10.1 Å². The topological polar surface area (TPSA) is 34.1 Å². The van der Waals surface area contributed by atoms with Crippen molar-refractivity contribution in [3.8, 4) is 5.75 Å². The number of ether oxygens (including phenoxy) is 1. The van der Waals surface area contributed by atoms with Gasteiger partial charge in [0.05, 0.1) is 0 Å². The summed E-state index contributed by atoms with van der Waals surface area (Å²) in [6.45, 7) is 3.95. The maximum atomic E-state index is 5.91. The van der Waals surface area contributed by atoms with E-state index in [4.69, 9.17) is 4.74 Å². The Bertz CT molecular complexity index is 579. The molecule has 2 aromatic rings. The molecule has 1 fully saturated rings. The molecule has 0 saturated heterocycles. The summed E-state index contributed by atoms with van der Waals surface area (Å²) in [5, 5.41) is 4.75. The normalized spacial score (nSPS) is 22.3.